The van der Waals surface area contributed by atoms with Crippen molar-refractivity contribution in [1.29, 1.82) is 0 Å². The molecule has 1 nitrogen and oxygen atoms in total. The largest absolute Gasteiger partial charge is 0.312 e. The van der Waals surface area contributed by atoms with Crippen LogP contribution >= 0.6 is 22.9 Å². The van der Waals surface area contributed by atoms with Crippen molar-refractivity contribution in [3.05, 3.63) is 55.7 Å². The third kappa shape index (κ3) is 2.78. The summed E-state index contributed by atoms with van der Waals surface area (Å²) >= 11 is 8.35. The molecule has 106 valence electrons. The van der Waals surface area contributed by atoms with Gasteiger partial charge < -0.3 is 5.32 Å². The van der Waals surface area contributed by atoms with E-state index in [1.165, 1.54) is 35.3 Å². The monoisotopic (exact) mass is 305 g/mol. The molecular formula is C17H20ClNS. The quantitative estimate of drug-likeness (QED) is 0.863. The Labute approximate surface area is 130 Å². The number of benzene rings is 1. The third-order valence-corrected chi connectivity index (χ3v) is 5.79. The van der Waals surface area contributed by atoms with Crippen molar-refractivity contribution in [2.75, 3.05) is 7.05 Å². The minimum atomic E-state index is 0.366. The lowest BCUT2D eigenvalue weighted by Gasteiger charge is -2.16. The summed E-state index contributed by atoms with van der Waals surface area (Å²) in [4.78, 5) is 3.05. The lowest BCUT2D eigenvalue weighted by Crippen LogP contribution is -2.18. The molecule has 0 radical (unpaired) electrons. The van der Waals surface area contributed by atoms with Gasteiger partial charge in [-0.05, 0) is 68.5 Å². The van der Waals surface area contributed by atoms with Gasteiger partial charge in [-0.25, -0.2) is 0 Å². The number of fused-ring (bicyclic) bond motifs is 1. The van der Waals surface area contributed by atoms with Crippen LogP contribution < -0.4 is 5.32 Å². The van der Waals surface area contributed by atoms with Crippen LogP contribution in [0.2, 0.25) is 5.02 Å². The number of hydrogen-bond donors (Lipinski definition) is 1. The van der Waals surface area contributed by atoms with Gasteiger partial charge >= 0.3 is 0 Å². The molecule has 3 rings (SSSR count). The van der Waals surface area contributed by atoms with Gasteiger partial charge in [-0.2, -0.15) is 0 Å². The number of thiophene rings is 1. The van der Waals surface area contributed by atoms with Crippen molar-refractivity contribution >= 4 is 22.9 Å². The summed E-state index contributed by atoms with van der Waals surface area (Å²) < 4.78 is 0. The first-order valence-electron chi connectivity index (χ1n) is 7.21. The second-order valence-electron chi connectivity index (χ2n) is 5.59. The Hall–Kier alpha value is -0.830. The summed E-state index contributed by atoms with van der Waals surface area (Å²) in [5, 5.41) is 4.33. The molecule has 0 bridgehead atoms. The smallest absolute Gasteiger partial charge is 0.0453 e. The molecule has 0 spiro atoms. The average molecular weight is 306 g/mol. The van der Waals surface area contributed by atoms with E-state index in [2.05, 4.69) is 36.5 Å². The molecule has 3 heteroatoms. The molecule has 1 aliphatic rings. The Balaban J connectivity index is 1.82. The van der Waals surface area contributed by atoms with Gasteiger partial charge in [0.2, 0.25) is 0 Å². The summed E-state index contributed by atoms with van der Waals surface area (Å²) in [7, 11) is 2.04. The number of rotatable bonds is 4. The van der Waals surface area contributed by atoms with Gasteiger partial charge in [0.25, 0.3) is 0 Å². The highest BCUT2D eigenvalue weighted by atomic mass is 35.5. The molecule has 0 fully saturated rings. The Bertz CT molecular complexity index is 596. The Morgan fingerprint density at radius 1 is 1.30 bits per heavy atom. The van der Waals surface area contributed by atoms with Crippen LogP contribution in [0.25, 0.3) is 0 Å². The predicted molar refractivity (Wildman–Crippen MR) is 88.0 cm³/mol. The zero-order chi connectivity index (χ0) is 14.1. The van der Waals surface area contributed by atoms with E-state index in [9.17, 15) is 0 Å². The first kappa shape index (κ1) is 14.1. The normalized spacial score (nSPS) is 15.3. The van der Waals surface area contributed by atoms with Crippen molar-refractivity contribution in [3.8, 4) is 0 Å². The highest BCUT2D eigenvalue weighted by Gasteiger charge is 2.20. The standard InChI is InChI=1S/C17H20ClNS/c1-11-6-7-12(14(18)8-11)9-15(19-2)17-10-13-4-3-5-16(13)20-17/h6-8,10,15,19H,3-5,9H2,1-2H3. The lowest BCUT2D eigenvalue weighted by atomic mass is 10.0. The molecule has 2 aromatic rings. The maximum absolute atomic E-state index is 6.37. The van der Waals surface area contributed by atoms with E-state index in [0.29, 0.717) is 6.04 Å². The van der Waals surface area contributed by atoms with E-state index in [0.717, 1.165) is 11.4 Å². The van der Waals surface area contributed by atoms with Crippen molar-refractivity contribution in [2.45, 2.75) is 38.6 Å². The molecular weight excluding hydrogens is 286 g/mol. The van der Waals surface area contributed by atoms with Gasteiger partial charge in [0, 0.05) is 20.8 Å². The summed E-state index contributed by atoms with van der Waals surface area (Å²) in [6.45, 7) is 2.08. The fraction of sp³-hybridized carbons (Fsp3) is 0.412. The fourth-order valence-corrected chi connectivity index (χ4v) is 4.59. The molecule has 1 aromatic carbocycles. The molecule has 1 heterocycles. The number of hydrogen-bond acceptors (Lipinski definition) is 2. The molecule has 1 aliphatic carbocycles. The summed E-state index contributed by atoms with van der Waals surface area (Å²) in [6.07, 6.45) is 4.81. The van der Waals surface area contributed by atoms with Crippen molar-refractivity contribution in [3.63, 3.8) is 0 Å². The van der Waals surface area contributed by atoms with E-state index in [1.54, 1.807) is 10.4 Å². The van der Waals surface area contributed by atoms with Crippen LogP contribution in [-0.2, 0) is 19.3 Å². The number of halogens is 1. The van der Waals surface area contributed by atoms with Gasteiger partial charge in [0.15, 0.2) is 0 Å². The van der Waals surface area contributed by atoms with E-state index in [1.807, 2.05) is 18.4 Å². The molecule has 0 saturated carbocycles. The summed E-state index contributed by atoms with van der Waals surface area (Å²) in [5.41, 5.74) is 4.01. The first-order valence-corrected chi connectivity index (χ1v) is 8.40. The second kappa shape index (κ2) is 5.88. The third-order valence-electron chi connectivity index (χ3n) is 4.09. The maximum Gasteiger partial charge on any atom is 0.0453 e. The molecule has 1 atom stereocenters. The Kier molecular flexibility index (Phi) is 4.16. The molecule has 20 heavy (non-hydrogen) atoms. The van der Waals surface area contributed by atoms with Crippen molar-refractivity contribution in [2.24, 2.45) is 0 Å². The van der Waals surface area contributed by atoms with Crippen LogP contribution in [0.1, 0.15) is 38.9 Å². The average Bonchev–Trinajstić information content (AvgIpc) is 2.98. The number of nitrogens with one attached hydrogen (secondary N) is 1. The van der Waals surface area contributed by atoms with Gasteiger partial charge in [-0.15, -0.1) is 11.3 Å². The zero-order valence-corrected chi connectivity index (χ0v) is 13.6. The van der Waals surface area contributed by atoms with Crippen LogP contribution in [0.4, 0.5) is 0 Å². The molecule has 1 unspecified atom stereocenters. The topological polar surface area (TPSA) is 12.0 Å². The van der Waals surface area contributed by atoms with E-state index >= 15 is 0 Å². The highest BCUT2D eigenvalue weighted by molar-refractivity contribution is 7.12. The predicted octanol–water partition coefficient (Wildman–Crippen LogP) is 4.70. The van der Waals surface area contributed by atoms with Gasteiger partial charge in [-0.1, -0.05) is 23.7 Å². The number of likely N-dealkylation sites (N-methyl/N-ethyl adjacent to an activating group) is 1. The van der Waals surface area contributed by atoms with Gasteiger partial charge in [0.05, 0.1) is 0 Å². The minimum absolute atomic E-state index is 0.366. The van der Waals surface area contributed by atoms with Crippen LogP contribution in [0.15, 0.2) is 24.3 Å². The zero-order valence-electron chi connectivity index (χ0n) is 12.0. The van der Waals surface area contributed by atoms with Gasteiger partial charge in [-0.3, -0.25) is 0 Å². The molecule has 0 saturated heterocycles. The maximum atomic E-state index is 6.37. The molecule has 0 amide bonds. The highest BCUT2D eigenvalue weighted by Crippen LogP contribution is 2.35. The molecule has 1 aromatic heterocycles. The Morgan fingerprint density at radius 2 is 2.15 bits per heavy atom. The SMILES string of the molecule is CNC(Cc1ccc(C)cc1Cl)c1cc2c(s1)CCC2. The fourth-order valence-electron chi connectivity index (χ4n) is 2.91. The second-order valence-corrected chi connectivity index (χ2v) is 7.17. The van der Waals surface area contributed by atoms with E-state index in [4.69, 9.17) is 11.6 Å². The number of aryl methyl sites for hydroxylation is 3. The van der Waals surface area contributed by atoms with Crippen LogP contribution in [0, 0.1) is 6.92 Å². The first-order chi connectivity index (χ1) is 9.67. The van der Waals surface area contributed by atoms with Crippen LogP contribution in [0.3, 0.4) is 0 Å². The Morgan fingerprint density at radius 3 is 2.85 bits per heavy atom. The van der Waals surface area contributed by atoms with E-state index in [-0.39, 0.29) is 0 Å². The summed E-state index contributed by atoms with van der Waals surface area (Å²) in [6, 6.07) is 9.12. The van der Waals surface area contributed by atoms with Crippen LogP contribution in [-0.4, -0.2) is 7.05 Å². The molecule has 0 aliphatic heterocycles. The van der Waals surface area contributed by atoms with E-state index < -0.39 is 0 Å². The lowest BCUT2D eigenvalue weighted by molar-refractivity contribution is 0.601. The van der Waals surface area contributed by atoms with Crippen molar-refractivity contribution < 1.29 is 0 Å². The van der Waals surface area contributed by atoms with Crippen LogP contribution in [0.5, 0.6) is 0 Å². The van der Waals surface area contributed by atoms with Crippen molar-refractivity contribution in [1.82, 2.24) is 5.32 Å². The summed E-state index contributed by atoms with van der Waals surface area (Å²) in [5.74, 6) is 0. The van der Waals surface area contributed by atoms with Gasteiger partial charge in [0.1, 0.15) is 0 Å². The molecule has 1 N–H and O–H groups in total. The minimum Gasteiger partial charge on any atom is -0.312 e.